The summed E-state index contributed by atoms with van der Waals surface area (Å²) in [6, 6.07) is 6.47. The molecule has 1 aromatic rings. The molecule has 0 heterocycles. The van der Waals surface area contributed by atoms with E-state index in [1.165, 1.54) is 12.1 Å². The fourth-order valence-corrected chi connectivity index (χ4v) is 1.60. The van der Waals surface area contributed by atoms with Crippen molar-refractivity contribution in [2.75, 3.05) is 0 Å². The van der Waals surface area contributed by atoms with E-state index in [4.69, 9.17) is 0 Å². The minimum atomic E-state index is -4.06. The molecule has 0 aliphatic heterocycles. The fraction of sp³-hybridized carbons (Fsp3) is 0.250. The molecule has 0 unspecified atom stereocenters. The van der Waals surface area contributed by atoms with Gasteiger partial charge in [-0.15, -0.1) is 0 Å². The topological polar surface area (TPSA) is 0 Å². The van der Waals surface area contributed by atoms with Crippen molar-refractivity contribution >= 4 is 13.9 Å². The van der Waals surface area contributed by atoms with Crippen LogP contribution in [0.1, 0.15) is 5.56 Å². The average molecular weight is 172 g/mol. The molecule has 60 valence electrons. The molecule has 0 atom stereocenters. The monoisotopic (exact) mass is 172 g/mol. The molecule has 0 N–H and O–H groups in total. The van der Waals surface area contributed by atoms with Gasteiger partial charge < -0.3 is 0 Å². The van der Waals surface area contributed by atoms with Crippen molar-refractivity contribution in [3.05, 3.63) is 29.8 Å². The van der Waals surface area contributed by atoms with E-state index in [9.17, 15) is 8.22 Å². The number of rotatable bonds is 1. The highest BCUT2D eigenvalue weighted by Crippen LogP contribution is 2.06. The molecule has 3 heteroatoms. The van der Waals surface area contributed by atoms with Gasteiger partial charge in [0, 0.05) is 5.19 Å². The van der Waals surface area contributed by atoms with E-state index in [2.05, 4.69) is 0 Å². The first-order valence-electron chi connectivity index (χ1n) is 3.45. The molecular formula is C8H10F2Si. The third-order valence-electron chi connectivity index (χ3n) is 1.56. The zero-order valence-electron chi connectivity index (χ0n) is 6.57. The summed E-state index contributed by atoms with van der Waals surface area (Å²) < 4.78 is 25.5. The van der Waals surface area contributed by atoms with Crippen LogP contribution in [0.3, 0.4) is 0 Å². The standard InChI is InChI=1S/C8H10F2Si/c1-7-3-5-8(6-4-7)11(2,9)10/h3-6H,1-2H3. The van der Waals surface area contributed by atoms with Crippen LogP contribution in [0.4, 0.5) is 8.22 Å². The summed E-state index contributed by atoms with van der Waals surface area (Å²) in [6.07, 6.45) is 0. The van der Waals surface area contributed by atoms with Gasteiger partial charge in [-0.25, -0.2) is 0 Å². The van der Waals surface area contributed by atoms with Gasteiger partial charge >= 0.3 is 8.74 Å². The van der Waals surface area contributed by atoms with E-state index < -0.39 is 8.74 Å². The van der Waals surface area contributed by atoms with Crippen LogP contribution >= 0.6 is 0 Å². The Kier molecular flexibility index (Phi) is 2.09. The molecule has 1 rings (SSSR count). The first-order valence-corrected chi connectivity index (χ1v) is 5.71. The Labute approximate surface area is 66.2 Å². The normalized spacial score (nSPS) is 11.6. The van der Waals surface area contributed by atoms with Gasteiger partial charge in [-0.1, -0.05) is 29.8 Å². The first-order chi connectivity index (χ1) is 5.00. The smallest absolute Gasteiger partial charge is 0.265 e. The Balaban J connectivity index is 2.99. The summed E-state index contributed by atoms with van der Waals surface area (Å²) in [7, 11) is -4.06. The van der Waals surface area contributed by atoms with E-state index in [-0.39, 0.29) is 5.19 Å². The van der Waals surface area contributed by atoms with E-state index in [0.717, 1.165) is 12.1 Å². The lowest BCUT2D eigenvalue weighted by Gasteiger charge is -2.06. The average Bonchev–Trinajstić information content (AvgIpc) is 1.86. The molecule has 11 heavy (non-hydrogen) atoms. The van der Waals surface area contributed by atoms with Crippen LogP contribution in [0.15, 0.2) is 24.3 Å². The van der Waals surface area contributed by atoms with Gasteiger partial charge in [-0.2, -0.15) is 0 Å². The molecule has 0 amide bonds. The van der Waals surface area contributed by atoms with Gasteiger partial charge in [-0.3, -0.25) is 8.22 Å². The first kappa shape index (κ1) is 8.39. The zero-order chi connectivity index (χ0) is 8.48. The summed E-state index contributed by atoms with van der Waals surface area (Å²) in [5.74, 6) is 0. The van der Waals surface area contributed by atoms with Crippen LogP contribution in [-0.2, 0) is 0 Å². The second-order valence-electron chi connectivity index (χ2n) is 2.75. The van der Waals surface area contributed by atoms with Gasteiger partial charge in [0.25, 0.3) is 0 Å². The van der Waals surface area contributed by atoms with Crippen LogP contribution in [0, 0.1) is 6.92 Å². The summed E-state index contributed by atoms with van der Waals surface area (Å²) in [5.41, 5.74) is 1.02. The minimum Gasteiger partial charge on any atom is -0.265 e. The molecule has 0 aliphatic carbocycles. The molecule has 0 bridgehead atoms. The summed E-state index contributed by atoms with van der Waals surface area (Å²) in [4.78, 5) is 0. The Bertz CT molecular complexity index is 235. The molecular weight excluding hydrogens is 162 g/mol. The minimum absolute atomic E-state index is 0.211. The molecule has 0 spiro atoms. The lowest BCUT2D eigenvalue weighted by atomic mass is 10.2. The number of hydrogen-bond acceptors (Lipinski definition) is 0. The van der Waals surface area contributed by atoms with Gasteiger partial charge in [0.1, 0.15) is 0 Å². The van der Waals surface area contributed by atoms with Crippen molar-refractivity contribution in [3.8, 4) is 0 Å². The molecule has 1 aromatic carbocycles. The van der Waals surface area contributed by atoms with E-state index >= 15 is 0 Å². The lowest BCUT2D eigenvalue weighted by molar-refractivity contribution is 0.642. The SMILES string of the molecule is Cc1ccc([Si](C)(F)F)cc1. The quantitative estimate of drug-likeness (QED) is 0.450. The molecule has 0 radical (unpaired) electrons. The molecule has 0 nitrogen and oxygen atoms in total. The molecule has 0 aromatic heterocycles. The van der Waals surface area contributed by atoms with Crippen LogP contribution < -0.4 is 5.19 Å². The number of halogens is 2. The van der Waals surface area contributed by atoms with E-state index in [0.29, 0.717) is 0 Å². The second-order valence-corrected chi connectivity index (χ2v) is 5.11. The maximum absolute atomic E-state index is 12.7. The molecule has 0 saturated heterocycles. The van der Waals surface area contributed by atoms with Crippen molar-refractivity contribution in [1.29, 1.82) is 0 Å². The third kappa shape index (κ3) is 2.12. The Morgan fingerprint density at radius 3 is 1.91 bits per heavy atom. The number of aryl methyl sites for hydroxylation is 1. The summed E-state index contributed by atoms with van der Waals surface area (Å²) in [5, 5.41) is 0.211. The number of benzene rings is 1. The Hall–Kier alpha value is -0.703. The van der Waals surface area contributed by atoms with Crippen LogP contribution in [-0.4, -0.2) is 8.74 Å². The lowest BCUT2D eigenvalue weighted by Crippen LogP contribution is -2.34. The highest BCUT2D eigenvalue weighted by Gasteiger charge is 2.30. The van der Waals surface area contributed by atoms with Crippen molar-refractivity contribution in [1.82, 2.24) is 0 Å². The van der Waals surface area contributed by atoms with Crippen molar-refractivity contribution < 1.29 is 8.22 Å². The van der Waals surface area contributed by atoms with Crippen molar-refractivity contribution in [3.63, 3.8) is 0 Å². The van der Waals surface area contributed by atoms with Gasteiger partial charge in [0.05, 0.1) is 0 Å². The summed E-state index contributed by atoms with van der Waals surface area (Å²) >= 11 is 0. The Morgan fingerprint density at radius 1 is 1.09 bits per heavy atom. The Morgan fingerprint density at radius 2 is 1.55 bits per heavy atom. The van der Waals surface area contributed by atoms with Crippen LogP contribution in [0.2, 0.25) is 6.55 Å². The van der Waals surface area contributed by atoms with Crippen LogP contribution in [0.5, 0.6) is 0 Å². The molecule has 0 fully saturated rings. The van der Waals surface area contributed by atoms with E-state index in [1.54, 1.807) is 12.1 Å². The highest BCUT2D eigenvalue weighted by atomic mass is 28.4. The zero-order valence-corrected chi connectivity index (χ0v) is 7.57. The summed E-state index contributed by atoms with van der Waals surface area (Å²) in [6.45, 7) is 2.93. The van der Waals surface area contributed by atoms with Gasteiger partial charge in [0.15, 0.2) is 0 Å². The van der Waals surface area contributed by atoms with Crippen molar-refractivity contribution in [2.45, 2.75) is 13.5 Å². The molecule has 0 aliphatic rings. The van der Waals surface area contributed by atoms with Gasteiger partial charge in [0.2, 0.25) is 0 Å². The fourth-order valence-electron chi connectivity index (χ4n) is 0.846. The largest absolute Gasteiger partial charge is 0.452 e. The van der Waals surface area contributed by atoms with Crippen LogP contribution in [0.25, 0.3) is 0 Å². The van der Waals surface area contributed by atoms with E-state index in [1.807, 2.05) is 6.92 Å². The predicted molar refractivity (Wildman–Crippen MR) is 44.6 cm³/mol. The molecule has 0 saturated carbocycles. The third-order valence-corrected chi connectivity index (χ3v) is 2.91. The predicted octanol–water partition coefficient (Wildman–Crippen LogP) is 2.21. The highest BCUT2D eigenvalue weighted by molar-refractivity contribution is 6.78. The maximum atomic E-state index is 12.7. The maximum Gasteiger partial charge on any atom is 0.452 e. The van der Waals surface area contributed by atoms with Crippen molar-refractivity contribution in [2.24, 2.45) is 0 Å². The number of hydrogen-bond donors (Lipinski definition) is 0. The van der Waals surface area contributed by atoms with Gasteiger partial charge in [-0.05, 0) is 13.5 Å². The second kappa shape index (κ2) is 2.74.